The zero-order valence-electron chi connectivity index (χ0n) is 21.4. The van der Waals surface area contributed by atoms with E-state index in [0.29, 0.717) is 16.6 Å². The zero-order valence-corrected chi connectivity index (χ0v) is 21.4. The molecule has 0 aromatic rings. The molecule has 0 aromatic heterocycles. The molecule has 1 heteroatoms. The number of rotatable bonds is 14. The maximum atomic E-state index is 13.5. The fourth-order valence-corrected chi connectivity index (χ4v) is 8.14. The molecule has 32 heavy (non-hydrogen) atoms. The van der Waals surface area contributed by atoms with Gasteiger partial charge in [-0.1, -0.05) is 63.5 Å². The van der Waals surface area contributed by atoms with Crippen molar-refractivity contribution in [2.24, 2.45) is 22.7 Å². The standard InChI is InChI=1S/C31H50O/c1-3-5-7-9-11-27(30-17-13-25(23-30)14-18-30)21-29(32)22-28(12-10-8-6-4-2)31-19-15-26(24-31)16-20-31/h21-22,25-26H,3-20,23-24H2,1-2H3. The van der Waals surface area contributed by atoms with E-state index in [2.05, 4.69) is 26.0 Å². The molecule has 0 atom stereocenters. The summed E-state index contributed by atoms with van der Waals surface area (Å²) in [5, 5.41) is 0. The number of fused-ring (bicyclic) bond motifs is 4. The first kappa shape index (κ1) is 24.3. The minimum absolute atomic E-state index is 0.343. The number of hydrogen-bond acceptors (Lipinski definition) is 1. The van der Waals surface area contributed by atoms with Gasteiger partial charge in [0.15, 0.2) is 5.78 Å². The van der Waals surface area contributed by atoms with Gasteiger partial charge in [0.25, 0.3) is 0 Å². The molecular formula is C31H50O. The second-order valence-corrected chi connectivity index (χ2v) is 12.2. The summed E-state index contributed by atoms with van der Waals surface area (Å²) in [4.78, 5) is 13.5. The highest BCUT2D eigenvalue weighted by atomic mass is 16.1. The molecule has 0 unspecified atom stereocenters. The van der Waals surface area contributed by atoms with Crippen molar-refractivity contribution in [3.8, 4) is 0 Å². The van der Waals surface area contributed by atoms with Crippen LogP contribution in [0.1, 0.15) is 142 Å². The Hall–Kier alpha value is -0.850. The summed E-state index contributed by atoms with van der Waals surface area (Å²) in [6.45, 7) is 4.58. The third kappa shape index (κ3) is 5.44. The van der Waals surface area contributed by atoms with E-state index in [4.69, 9.17) is 0 Å². The Morgan fingerprint density at radius 3 is 1.38 bits per heavy atom. The molecule has 0 radical (unpaired) electrons. The first-order valence-corrected chi connectivity index (χ1v) is 14.6. The van der Waals surface area contributed by atoms with Crippen LogP contribution in [0.3, 0.4) is 0 Å². The lowest BCUT2D eigenvalue weighted by Gasteiger charge is -2.31. The molecular weight excluding hydrogens is 388 g/mol. The minimum atomic E-state index is 0.343. The van der Waals surface area contributed by atoms with E-state index in [1.165, 1.54) is 128 Å². The zero-order chi connectivity index (χ0) is 22.4. The van der Waals surface area contributed by atoms with Crippen LogP contribution in [-0.2, 0) is 4.79 Å². The molecule has 0 aromatic carbocycles. The lowest BCUT2D eigenvalue weighted by atomic mass is 9.73. The summed E-state index contributed by atoms with van der Waals surface area (Å²) in [5.74, 6) is 2.23. The van der Waals surface area contributed by atoms with Crippen molar-refractivity contribution in [1.29, 1.82) is 0 Å². The topological polar surface area (TPSA) is 17.1 Å². The molecule has 0 heterocycles. The molecule has 0 spiro atoms. The fraction of sp³-hybridized carbons (Fsp3) is 0.839. The Bertz CT molecular complexity index is 621. The van der Waals surface area contributed by atoms with E-state index in [1.54, 1.807) is 11.1 Å². The van der Waals surface area contributed by atoms with Crippen molar-refractivity contribution < 1.29 is 4.79 Å². The highest BCUT2D eigenvalue weighted by Crippen LogP contribution is 2.60. The van der Waals surface area contributed by atoms with Crippen molar-refractivity contribution in [3.63, 3.8) is 0 Å². The summed E-state index contributed by atoms with van der Waals surface area (Å²) in [7, 11) is 0. The molecule has 4 aliphatic rings. The third-order valence-electron chi connectivity index (χ3n) is 10.1. The van der Waals surface area contributed by atoms with Gasteiger partial charge < -0.3 is 0 Å². The van der Waals surface area contributed by atoms with Gasteiger partial charge in [-0.05, 0) is 125 Å². The van der Waals surface area contributed by atoms with E-state index in [-0.39, 0.29) is 0 Å². The van der Waals surface area contributed by atoms with Crippen molar-refractivity contribution in [2.75, 3.05) is 0 Å². The second-order valence-electron chi connectivity index (χ2n) is 12.2. The van der Waals surface area contributed by atoms with E-state index in [0.717, 1.165) is 11.8 Å². The highest BCUT2D eigenvalue weighted by molar-refractivity contribution is 6.00. The molecule has 0 aliphatic heterocycles. The molecule has 4 bridgehead atoms. The van der Waals surface area contributed by atoms with Crippen molar-refractivity contribution >= 4 is 5.78 Å². The Morgan fingerprint density at radius 1 is 0.656 bits per heavy atom. The average molecular weight is 439 g/mol. The van der Waals surface area contributed by atoms with Crippen molar-refractivity contribution in [3.05, 3.63) is 23.3 Å². The van der Waals surface area contributed by atoms with Crippen LogP contribution in [0.4, 0.5) is 0 Å². The summed E-state index contributed by atoms with van der Waals surface area (Å²) >= 11 is 0. The van der Waals surface area contributed by atoms with Crippen LogP contribution in [0.2, 0.25) is 0 Å². The molecule has 4 fully saturated rings. The lowest BCUT2D eigenvalue weighted by molar-refractivity contribution is -0.110. The Labute approximate surface area is 198 Å². The van der Waals surface area contributed by atoms with Gasteiger partial charge in [0.1, 0.15) is 0 Å². The predicted octanol–water partition coefficient (Wildman–Crippen LogP) is 9.51. The maximum Gasteiger partial charge on any atom is 0.178 e. The van der Waals surface area contributed by atoms with E-state index < -0.39 is 0 Å². The minimum Gasteiger partial charge on any atom is -0.290 e. The Morgan fingerprint density at radius 2 is 1.06 bits per heavy atom. The van der Waals surface area contributed by atoms with Crippen LogP contribution >= 0.6 is 0 Å². The fourth-order valence-electron chi connectivity index (χ4n) is 8.14. The molecule has 0 N–H and O–H groups in total. The maximum absolute atomic E-state index is 13.5. The van der Waals surface area contributed by atoms with E-state index in [9.17, 15) is 4.79 Å². The molecule has 4 saturated carbocycles. The van der Waals surface area contributed by atoms with Crippen LogP contribution in [0, 0.1) is 22.7 Å². The van der Waals surface area contributed by atoms with Gasteiger partial charge in [0, 0.05) is 0 Å². The summed E-state index contributed by atoms with van der Waals surface area (Å²) in [6, 6.07) is 0. The van der Waals surface area contributed by atoms with E-state index >= 15 is 0 Å². The monoisotopic (exact) mass is 438 g/mol. The van der Waals surface area contributed by atoms with Gasteiger partial charge in [0.05, 0.1) is 0 Å². The SMILES string of the molecule is CCCCCCC(=CC(=O)C=C(CCCCCC)C12CCC(CC1)C2)C12CCC(CC1)C2. The van der Waals surface area contributed by atoms with Gasteiger partial charge >= 0.3 is 0 Å². The molecule has 0 saturated heterocycles. The van der Waals surface area contributed by atoms with Gasteiger partial charge in [-0.2, -0.15) is 0 Å². The first-order valence-electron chi connectivity index (χ1n) is 14.6. The van der Waals surface area contributed by atoms with Crippen LogP contribution < -0.4 is 0 Å². The molecule has 1 nitrogen and oxygen atoms in total. The summed E-state index contributed by atoms with van der Waals surface area (Å²) < 4.78 is 0. The second kappa shape index (κ2) is 11.1. The molecule has 4 aliphatic carbocycles. The quantitative estimate of drug-likeness (QED) is 0.195. The number of allylic oxidation sites excluding steroid dienone is 4. The average Bonchev–Trinajstić information content (AvgIpc) is 3.59. The first-order chi connectivity index (χ1) is 15.6. The Kier molecular flexibility index (Phi) is 8.38. The van der Waals surface area contributed by atoms with Crippen molar-refractivity contribution in [2.45, 2.75) is 142 Å². The number of ketones is 1. The molecule has 4 rings (SSSR count). The van der Waals surface area contributed by atoms with Gasteiger partial charge in [0.2, 0.25) is 0 Å². The van der Waals surface area contributed by atoms with Gasteiger partial charge in [-0.3, -0.25) is 4.79 Å². The summed E-state index contributed by atoms with van der Waals surface area (Å²) in [6.07, 6.45) is 30.9. The molecule has 180 valence electrons. The van der Waals surface area contributed by atoms with Crippen LogP contribution in [-0.4, -0.2) is 5.78 Å². The Balaban J connectivity index is 1.51. The predicted molar refractivity (Wildman–Crippen MR) is 137 cm³/mol. The van der Waals surface area contributed by atoms with Gasteiger partial charge in [-0.25, -0.2) is 0 Å². The highest BCUT2D eigenvalue weighted by Gasteiger charge is 2.48. The third-order valence-corrected chi connectivity index (χ3v) is 10.1. The van der Waals surface area contributed by atoms with Crippen LogP contribution in [0.5, 0.6) is 0 Å². The largest absolute Gasteiger partial charge is 0.290 e. The number of unbranched alkanes of at least 4 members (excludes halogenated alkanes) is 6. The lowest BCUT2D eigenvalue weighted by Crippen LogP contribution is -2.20. The number of hydrogen-bond donors (Lipinski definition) is 0. The number of carbonyl (C=O) groups is 1. The van der Waals surface area contributed by atoms with Crippen molar-refractivity contribution in [1.82, 2.24) is 0 Å². The van der Waals surface area contributed by atoms with Crippen LogP contribution in [0.15, 0.2) is 23.3 Å². The van der Waals surface area contributed by atoms with Crippen LogP contribution in [0.25, 0.3) is 0 Å². The smallest absolute Gasteiger partial charge is 0.178 e. The number of carbonyl (C=O) groups excluding carboxylic acids is 1. The van der Waals surface area contributed by atoms with E-state index in [1.807, 2.05) is 0 Å². The summed E-state index contributed by atoms with van der Waals surface area (Å²) in [5.41, 5.74) is 3.89. The molecule has 0 amide bonds. The normalized spacial score (nSPS) is 34.1. The van der Waals surface area contributed by atoms with Gasteiger partial charge in [-0.15, -0.1) is 0 Å².